The van der Waals surface area contributed by atoms with Crippen molar-refractivity contribution >= 4 is 34.8 Å². The zero-order valence-electron chi connectivity index (χ0n) is 17.1. The van der Waals surface area contributed by atoms with Crippen molar-refractivity contribution in [2.24, 2.45) is 0 Å². The molecular formula is C20H17ClF3N5O3. The lowest BCUT2D eigenvalue weighted by Gasteiger charge is -2.19. The fraction of sp³-hybridized carbons (Fsp3) is 0.350. The molecule has 168 valence electrons. The fourth-order valence-corrected chi connectivity index (χ4v) is 4.21. The van der Waals surface area contributed by atoms with Crippen LogP contribution in [0.1, 0.15) is 53.5 Å². The standard InChI is InChI=1S/C20H17ClF3N5O3/c1-19(2)6-10(11-8-25-14-5-13(21)28-29(14)16(11)19)17(30)27-9-4-12(20(22,23)24)15(26-7-9)18(31)32-3/h4-5,7-8,10H,6H2,1-3H3,(H,27,30). The predicted molar refractivity (Wildman–Crippen MR) is 108 cm³/mol. The normalized spacial score (nSPS) is 17.3. The van der Waals surface area contributed by atoms with Gasteiger partial charge in [-0.25, -0.2) is 19.3 Å². The third-order valence-corrected chi connectivity index (χ3v) is 5.55. The van der Waals surface area contributed by atoms with Crippen LogP contribution in [-0.2, 0) is 21.1 Å². The van der Waals surface area contributed by atoms with Gasteiger partial charge in [-0.05, 0) is 12.5 Å². The van der Waals surface area contributed by atoms with E-state index < -0.39 is 40.6 Å². The molecule has 8 nitrogen and oxygen atoms in total. The monoisotopic (exact) mass is 467 g/mol. The van der Waals surface area contributed by atoms with Gasteiger partial charge in [-0.15, -0.1) is 0 Å². The van der Waals surface area contributed by atoms with E-state index in [1.165, 1.54) is 0 Å². The predicted octanol–water partition coefficient (Wildman–Crippen LogP) is 3.99. The SMILES string of the molecule is COC(=O)c1ncc(NC(=O)C2CC(C)(C)c3c2cnc2cc(Cl)nn32)cc1C(F)(F)F. The Labute approximate surface area is 184 Å². The van der Waals surface area contributed by atoms with Gasteiger partial charge in [0.2, 0.25) is 5.91 Å². The van der Waals surface area contributed by atoms with Crippen LogP contribution in [0.2, 0.25) is 5.15 Å². The number of ether oxygens (including phenoxy) is 1. The molecule has 1 unspecified atom stereocenters. The molecule has 3 heterocycles. The Kier molecular flexibility index (Phi) is 5.11. The average Bonchev–Trinajstić information content (AvgIpc) is 3.22. The summed E-state index contributed by atoms with van der Waals surface area (Å²) in [7, 11) is 0.955. The van der Waals surface area contributed by atoms with Gasteiger partial charge in [0.05, 0.1) is 36.2 Å². The van der Waals surface area contributed by atoms with E-state index in [0.717, 1.165) is 19.0 Å². The van der Waals surface area contributed by atoms with Crippen molar-refractivity contribution in [3.05, 3.63) is 52.2 Å². The fourth-order valence-electron chi connectivity index (χ4n) is 4.04. The summed E-state index contributed by atoms with van der Waals surface area (Å²) in [5, 5.41) is 6.97. The molecule has 0 aliphatic heterocycles. The second-order valence-corrected chi connectivity index (χ2v) is 8.43. The minimum atomic E-state index is -4.87. The van der Waals surface area contributed by atoms with E-state index in [-0.39, 0.29) is 10.8 Å². The first kappa shape index (κ1) is 22.0. The summed E-state index contributed by atoms with van der Waals surface area (Å²) in [6.45, 7) is 3.87. The number of pyridine rings is 1. The minimum absolute atomic E-state index is 0.197. The molecule has 1 aliphatic carbocycles. The third-order valence-electron chi connectivity index (χ3n) is 5.37. The van der Waals surface area contributed by atoms with Crippen LogP contribution in [0.25, 0.3) is 5.65 Å². The summed E-state index contributed by atoms with van der Waals surface area (Å²) in [5.74, 6) is -2.44. The van der Waals surface area contributed by atoms with Crippen LogP contribution in [-0.4, -0.2) is 38.6 Å². The van der Waals surface area contributed by atoms with Crippen LogP contribution in [0.15, 0.2) is 24.5 Å². The number of esters is 1. The highest BCUT2D eigenvalue weighted by atomic mass is 35.5. The maximum atomic E-state index is 13.4. The van der Waals surface area contributed by atoms with E-state index in [1.807, 2.05) is 13.8 Å². The molecule has 0 radical (unpaired) electrons. The number of hydrogen-bond acceptors (Lipinski definition) is 6. The molecule has 0 bridgehead atoms. The van der Waals surface area contributed by atoms with Gasteiger partial charge in [0.1, 0.15) is 0 Å². The summed E-state index contributed by atoms with van der Waals surface area (Å²) in [4.78, 5) is 32.5. The lowest BCUT2D eigenvalue weighted by molar-refractivity contribution is -0.138. The molecule has 1 amide bonds. The second kappa shape index (κ2) is 7.44. The number of fused-ring (bicyclic) bond motifs is 3. The molecular weight excluding hydrogens is 451 g/mol. The number of aromatic nitrogens is 4. The molecule has 1 N–H and O–H groups in total. The average molecular weight is 468 g/mol. The zero-order valence-corrected chi connectivity index (χ0v) is 17.9. The van der Waals surface area contributed by atoms with Crippen LogP contribution < -0.4 is 5.32 Å². The van der Waals surface area contributed by atoms with Gasteiger partial charge in [0.15, 0.2) is 16.5 Å². The second-order valence-electron chi connectivity index (χ2n) is 8.04. The van der Waals surface area contributed by atoms with Crippen LogP contribution in [0, 0.1) is 0 Å². The molecule has 0 saturated heterocycles. The first-order valence-corrected chi connectivity index (χ1v) is 9.81. The Hall–Kier alpha value is -3.21. The van der Waals surface area contributed by atoms with Gasteiger partial charge in [-0.3, -0.25) is 4.79 Å². The highest BCUT2D eigenvalue weighted by Gasteiger charge is 2.43. The number of halogens is 4. The van der Waals surface area contributed by atoms with Crippen molar-refractivity contribution in [3.63, 3.8) is 0 Å². The van der Waals surface area contributed by atoms with E-state index in [2.05, 4.69) is 25.1 Å². The summed E-state index contributed by atoms with van der Waals surface area (Å²) in [6.07, 6.45) is -1.95. The number of methoxy groups -OCH3 is 1. The molecule has 1 atom stereocenters. The number of carbonyl (C=O) groups excluding carboxylic acids is 2. The topological polar surface area (TPSA) is 98.5 Å². The maximum absolute atomic E-state index is 13.4. The number of alkyl halides is 3. The molecule has 1 aliphatic rings. The van der Waals surface area contributed by atoms with Gasteiger partial charge in [-0.2, -0.15) is 18.3 Å². The lowest BCUT2D eigenvalue weighted by Crippen LogP contribution is -2.23. The molecule has 32 heavy (non-hydrogen) atoms. The first-order chi connectivity index (χ1) is 14.9. The summed E-state index contributed by atoms with van der Waals surface area (Å²) < 4.78 is 46.2. The van der Waals surface area contributed by atoms with E-state index in [0.29, 0.717) is 23.7 Å². The highest BCUT2D eigenvalue weighted by molar-refractivity contribution is 6.29. The highest BCUT2D eigenvalue weighted by Crippen LogP contribution is 2.46. The molecule has 0 spiro atoms. The summed E-state index contributed by atoms with van der Waals surface area (Å²) >= 11 is 6.00. The van der Waals surface area contributed by atoms with Crippen LogP contribution >= 0.6 is 11.6 Å². The molecule has 3 aromatic rings. The van der Waals surface area contributed by atoms with Crippen molar-refractivity contribution < 1.29 is 27.5 Å². The molecule has 0 aromatic carbocycles. The van der Waals surface area contributed by atoms with Crippen molar-refractivity contribution in [2.45, 2.75) is 37.8 Å². The van der Waals surface area contributed by atoms with E-state index in [1.54, 1.807) is 16.8 Å². The van der Waals surface area contributed by atoms with E-state index in [9.17, 15) is 22.8 Å². The number of carbonyl (C=O) groups is 2. The third kappa shape index (κ3) is 3.66. The van der Waals surface area contributed by atoms with Crippen molar-refractivity contribution in [3.8, 4) is 0 Å². The van der Waals surface area contributed by atoms with E-state index >= 15 is 0 Å². The summed E-state index contributed by atoms with van der Waals surface area (Å²) in [5.41, 5.74) is -0.966. The van der Waals surface area contributed by atoms with Crippen molar-refractivity contribution in [2.75, 3.05) is 12.4 Å². The number of anilines is 1. The minimum Gasteiger partial charge on any atom is -0.464 e. The van der Waals surface area contributed by atoms with Crippen LogP contribution in [0.4, 0.5) is 18.9 Å². The molecule has 4 rings (SSSR count). The smallest absolute Gasteiger partial charge is 0.418 e. The Morgan fingerprint density at radius 3 is 2.62 bits per heavy atom. The van der Waals surface area contributed by atoms with Crippen LogP contribution in [0.5, 0.6) is 0 Å². The largest absolute Gasteiger partial charge is 0.464 e. The first-order valence-electron chi connectivity index (χ1n) is 9.43. The van der Waals surface area contributed by atoms with E-state index in [4.69, 9.17) is 11.6 Å². The molecule has 0 fully saturated rings. The van der Waals surface area contributed by atoms with Gasteiger partial charge >= 0.3 is 12.1 Å². The Balaban J connectivity index is 1.69. The number of nitrogens with zero attached hydrogens (tertiary/aromatic N) is 4. The maximum Gasteiger partial charge on any atom is 0.418 e. The van der Waals surface area contributed by atoms with Gasteiger partial charge in [0.25, 0.3) is 0 Å². The molecule has 12 heteroatoms. The Morgan fingerprint density at radius 1 is 1.25 bits per heavy atom. The van der Waals surface area contributed by atoms with Crippen LogP contribution in [0.3, 0.4) is 0 Å². The number of rotatable bonds is 3. The van der Waals surface area contributed by atoms with Gasteiger partial charge in [0, 0.05) is 23.2 Å². The molecule has 3 aromatic heterocycles. The van der Waals surface area contributed by atoms with Crippen molar-refractivity contribution in [1.29, 1.82) is 0 Å². The molecule has 0 saturated carbocycles. The van der Waals surface area contributed by atoms with Crippen molar-refractivity contribution in [1.82, 2.24) is 19.6 Å². The number of amides is 1. The van der Waals surface area contributed by atoms with Gasteiger partial charge < -0.3 is 10.1 Å². The number of hydrogen-bond donors (Lipinski definition) is 1. The summed E-state index contributed by atoms with van der Waals surface area (Å²) in [6, 6.07) is 2.26. The lowest BCUT2D eigenvalue weighted by atomic mass is 9.88. The number of nitrogens with one attached hydrogen (secondary N) is 1. The quantitative estimate of drug-likeness (QED) is 0.585. The van der Waals surface area contributed by atoms with Gasteiger partial charge in [-0.1, -0.05) is 25.4 Å². The Morgan fingerprint density at radius 2 is 1.97 bits per heavy atom. The Bertz CT molecular complexity index is 1260. The zero-order chi connectivity index (χ0) is 23.4.